The summed E-state index contributed by atoms with van der Waals surface area (Å²) < 4.78 is 45.5. The maximum Gasteiger partial charge on any atom is 0.264 e. The quantitative estimate of drug-likeness (QED) is 0.268. The van der Waals surface area contributed by atoms with Crippen LogP contribution in [0.5, 0.6) is 17.2 Å². The Kier molecular flexibility index (Phi) is 11.8. The van der Waals surface area contributed by atoms with Crippen molar-refractivity contribution in [2.24, 2.45) is 0 Å². The molecule has 232 valence electrons. The Hall–Kier alpha value is -4.25. The molecule has 0 heterocycles. The number of ether oxygens (including phenoxy) is 3. The lowest BCUT2D eigenvalue weighted by Crippen LogP contribution is -2.52. The number of nitrogens with one attached hydrogen (secondary N) is 1. The molecule has 0 bridgehead atoms. The number of amides is 2. The van der Waals surface area contributed by atoms with Gasteiger partial charge >= 0.3 is 0 Å². The van der Waals surface area contributed by atoms with Gasteiger partial charge in [0, 0.05) is 19.2 Å². The average molecular weight is 612 g/mol. The van der Waals surface area contributed by atoms with Crippen LogP contribution in [0.15, 0.2) is 71.6 Å². The molecule has 0 aromatic heterocycles. The Morgan fingerprint density at radius 2 is 1.49 bits per heavy atom. The first-order chi connectivity index (χ1) is 20.6. The minimum absolute atomic E-state index is 0.00482. The Morgan fingerprint density at radius 1 is 0.860 bits per heavy atom. The molecule has 0 fully saturated rings. The van der Waals surface area contributed by atoms with Gasteiger partial charge in [-0.05, 0) is 61.7 Å². The summed E-state index contributed by atoms with van der Waals surface area (Å²) in [4.78, 5) is 29.0. The van der Waals surface area contributed by atoms with Crippen molar-refractivity contribution in [2.75, 3.05) is 38.7 Å². The van der Waals surface area contributed by atoms with E-state index in [9.17, 15) is 18.0 Å². The summed E-state index contributed by atoms with van der Waals surface area (Å²) in [5.74, 6) is 0.398. The second-order valence-electron chi connectivity index (χ2n) is 9.95. The van der Waals surface area contributed by atoms with E-state index in [1.54, 1.807) is 43.5 Å². The zero-order valence-corrected chi connectivity index (χ0v) is 26.4. The standard InChI is InChI=1S/C32H41N3O7S/c1-7-19-33-32(37)28(8-2)34(21-24-11-13-25(40-4)14-12-24)31(36)22-35(29-20-26(41-5)15-18-30(29)42-6)43(38,39)27-16-9-23(3)10-17-27/h9-18,20,28H,7-8,19,21-22H2,1-6H3,(H,33,37)/t28-/m1/s1. The minimum atomic E-state index is -4.27. The third kappa shape index (κ3) is 8.19. The van der Waals surface area contributed by atoms with Crippen LogP contribution < -0.4 is 23.8 Å². The van der Waals surface area contributed by atoms with E-state index < -0.39 is 28.5 Å². The van der Waals surface area contributed by atoms with E-state index in [1.807, 2.05) is 32.9 Å². The van der Waals surface area contributed by atoms with Gasteiger partial charge in [0.1, 0.15) is 29.8 Å². The molecule has 1 atom stereocenters. The molecule has 0 unspecified atom stereocenters. The number of carbonyl (C=O) groups excluding carboxylic acids is 2. The highest BCUT2D eigenvalue weighted by molar-refractivity contribution is 7.92. The summed E-state index contributed by atoms with van der Waals surface area (Å²) >= 11 is 0. The largest absolute Gasteiger partial charge is 0.497 e. The summed E-state index contributed by atoms with van der Waals surface area (Å²) in [5.41, 5.74) is 1.77. The van der Waals surface area contributed by atoms with E-state index in [1.165, 1.54) is 37.3 Å². The van der Waals surface area contributed by atoms with Gasteiger partial charge in [-0.25, -0.2) is 8.42 Å². The van der Waals surface area contributed by atoms with Gasteiger partial charge < -0.3 is 24.4 Å². The van der Waals surface area contributed by atoms with Gasteiger partial charge in [-0.1, -0.05) is 43.7 Å². The molecule has 2 amide bonds. The number of benzene rings is 3. The monoisotopic (exact) mass is 611 g/mol. The molecule has 0 spiro atoms. The van der Waals surface area contributed by atoms with Gasteiger partial charge in [-0.3, -0.25) is 13.9 Å². The Morgan fingerprint density at radius 3 is 2.05 bits per heavy atom. The van der Waals surface area contributed by atoms with E-state index in [2.05, 4.69) is 5.32 Å². The number of hydrogen-bond acceptors (Lipinski definition) is 7. The lowest BCUT2D eigenvalue weighted by atomic mass is 10.1. The van der Waals surface area contributed by atoms with Crippen LogP contribution in [0.2, 0.25) is 0 Å². The molecule has 0 radical (unpaired) electrons. The molecule has 0 aliphatic rings. The second kappa shape index (κ2) is 15.3. The highest BCUT2D eigenvalue weighted by Crippen LogP contribution is 2.36. The topological polar surface area (TPSA) is 114 Å². The van der Waals surface area contributed by atoms with Gasteiger partial charge in [0.05, 0.1) is 31.9 Å². The zero-order valence-electron chi connectivity index (χ0n) is 25.6. The predicted octanol–water partition coefficient (Wildman–Crippen LogP) is 4.55. The number of hydrogen-bond donors (Lipinski definition) is 1. The molecule has 3 aromatic rings. The van der Waals surface area contributed by atoms with Crippen LogP contribution in [0.4, 0.5) is 5.69 Å². The molecule has 0 saturated heterocycles. The van der Waals surface area contributed by atoms with Crippen molar-refractivity contribution in [3.63, 3.8) is 0 Å². The van der Waals surface area contributed by atoms with Crippen molar-refractivity contribution in [1.29, 1.82) is 0 Å². The van der Waals surface area contributed by atoms with Crippen molar-refractivity contribution < 1.29 is 32.2 Å². The fourth-order valence-corrected chi connectivity index (χ4v) is 5.97. The van der Waals surface area contributed by atoms with Crippen molar-refractivity contribution in [2.45, 2.75) is 51.1 Å². The summed E-state index contributed by atoms with van der Waals surface area (Å²) in [7, 11) is 0.176. The molecule has 11 heteroatoms. The van der Waals surface area contributed by atoms with Gasteiger partial charge in [-0.2, -0.15) is 0 Å². The van der Waals surface area contributed by atoms with Crippen LogP contribution in [-0.2, 0) is 26.2 Å². The van der Waals surface area contributed by atoms with Gasteiger partial charge in [0.15, 0.2) is 0 Å². The van der Waals surface area contributed by atoms with Crippen LogP contribution in [0.25, 0.3) is 0 Å². The van der Waals surface area contributed by atoms with Crippen LogP contribution in [0, 0.1) is 6.92 Å². The van der Waals surface area contributed by atoms with Gasteiger partial charge in [0.25, 0.3) is 10.0 Å². The Bertz CT molecular complexity index is 1480. The molecule has 1 N–H and O–H groups in total. The number of nitrogens with zero attached hydrogens (tertiary/aromatic N) is 2. The molecular weight excluding hydrogens is 570 g/mol. The number of methoxy groups -OCH3 is 3. The number of aryl methyl sites for hydroxylation is 1. The van der Waals surface area contributed by atoms with Crippen LogP contribution >= 0.6 is 0 Å². The van der Waals surface area contributed by atoms with Crippen LogP contribution in [0.1, 0.15) is 37.8 Å². The molecule has 3 rings (SSSR count). The molecule has 0 aliphatic heterocycles. The average Bonchev–Trinajstić information content (AvgIpc) is 3.02. The summed E-state index contributed by atoms with van der Waals surface area (Å²) in [5, 5.41) is 2.88. The normalized spacial score (nSPS) is 11.8. The lowest BCUT2D eigenvalue weighted by Gasteiger charge is -2.33. The molecule has 0 aliphatic carbocycles. The zero-order chi connectivity index (χ0) is 31.6. The minimum Gasteiger partial charge on any atom is -0.497 e. The van der Waals surface area contributed by atoms with E-state index in [0.29, 0.717) is 24.5 Å². The van der Waals surface area contributed by atoms with Crippen molar-refractivity contribution in [1.82, 2.24) is 10.2 Å². The number of carbonyl (C=O) groups is 2. The maximum atomic E-state index is 14.3. The highest BCUT2D eigenvalue weighted by atomic mass is 32.2. The Balaban J connectivity index is 2.13. The molecule has 43 heavy (non-hydrogen) atoms. The third-order valence-corrected chi connectivity index (χ3v) is 8.76. The van der Waals surface area contributed by atoms with Crippen LogP contribution in [-0.4, -0.2) is 65.6 Å². The van der Waals surface area contributed by atoms with Gasteiger partial charge in [0.2, 0.25) is 11.8 Å². The summed E-state index contributed by atoms with van der Waals surface area (Å²) in [6.45, 7) is 5.55. The molecule has 0 saturated carbocycles. The first-order valence-electron chi connectivity index (χ1n) is 14.1. The summed E-state index contributed by atoms with van der Waals surface area (Å²) in [6.07, 6.45) is 1.05. The van der Waals surface area contributed by atoms with E-state index >= 15 is 0 Å². The Labute approximate surface area is 254 Å². The van der Waals surface area contributed by atoms with Crippen molar-refractivity contribution in [3.8, 4) is 17.2 Å². The number of rotatable bonds is 15. The lowest BCUT2D eigenvalue weighted by molar-refractivity contribution is -0.140. The predicted molar refractivity (Wildman–Crippen MR) is 166 cm³/mol. The van der Waals surface area contributed by atoms with E-state index in [0.717, 1.165) is 21.9 Å². The second-order valence-corrected chi connectivity index (χ2v) is 11.8. The fourth-order valence-electron chi connectivity index (χ4n) is 4.56. The van der Waals surface area contributed by atoms with Crippen molar-refractivity contribution in [3.05, 3.63) is 77.9 Å². The van der Waals surface area contributed by atoms with Crippen LogP contribution in [0.3, 0.4) is 0 Å². The smallest absolute Gasteiger partial charge is 0.264 e. The van der Waals surface area contributed by atoms with Crippen molar-refractivity contribution >= 4 is 27.5 Å². The van der Waals surface area contributed by atoms with E-state index in [-0.39, 0.29) is 28.8 Å². The highest BCUT2D eigenvalue weighted by Gasteiger charge is 2.35. The molecule has 10 nitrogen and oxygen atoms in total. The maximum absolute atomic E-state index is 14.3. The molecule has 3 aromatic carbocycles. The fraction of sp³-hybridized carbons (Fsp3) is 0.375. The first kappa shape index (κ1) is 33.3. The van der Waals surface area contributed by atoms with Gasteiger partial charge in [-0.15, -0.1) is 0 Å². The SMILES string of the molecule is CCCNC(=O)[C@@H](CC)N(Cc1ccc(OC)cc1)C(=O)CN(c1cc(OC)ccc1OC)S(=O)(=O)c1ccc(C)cc1. The first-order valence-corrected chi connectivity index (χ1v) is 15.5. The number of sulfonamides is 1. The van der Waals surface area contributed by atoms with E-state index in [4.69, 9.17) is 14.2 Å². The number of anilines is 1. The summed E-state index contributed by atoms with van der Waals surface area (Å²) in [6, 6.07) is 17.4. The molecular formula is C32H41N3O7S. The third-order valence-electron chi connectivity index (χ3n) is 6.99.